The van der Waals surface area contributed by atoms with Gasteiger partial charge in [0, 0.05) is 12.5 Å². The van der Waals surface area contributed by atoms with Crippen molar-refractivity contribution in [2.75, 3.05) is 0 Å². The lowest BCUT2D eigenvalue weighted by molar-refractivity contribution is 0.389. The number of benzene rings is 1. The van der Waals surface area contributed by atoms with Crippen molar-refractivity contribution >= 4 is 11.0 Å². The molecule has 4 nitrogen and oxygen atoms in total. The van der Waals surface area contributed by atoms with Gasteiger partial charge in [-0.3, -0.25) is 0 Å². The Balaban J connectivity index is 2.09. The van der Waals surface area contributed by atoms with Crippen LogP contribution >= 0.6 is 0 Å². The molecule has 1 aromatic carbocycles. The van der Waals surface area contributed by atoms with E-state index >= 15 is 0 Å². The van der Waals surface area contributed by atoms with Crippen molar-refractivity contribution < 1.29 is 4.52 Å². The van der Waals surface area contributed by atoms with E-state index in [0.717, 1.165) is 34.7 Å². The van der Waals surface area contributed by atoms with E-state index in [1.807, 2.05) is 31.2 Å². The van der Waals surface area contributed by atoms with Gasteiger partial charge in [0.25, 0.3) is 0 Å². The third-order valence-electron chi connectivity index (χ3n) is 3.05. The fraction of sp³-hybridized carbons (Fsp3) is 0.286. The molecule has 0 atom stereocenters. The van der Waals surface area contributed by atoms with E-state index in [0.29, 0.717) is 6.54 Å². The summed E-state index contributed by atoms with van der Waals surface area (Å²) in [5, 5.41) is 4.05. The van der Waals surface area contributed by atoms with E-state index in [1.54, 1.807) is 0 Å². The zero-order valence-corrected chi connectivity index (χ0v) is 10.6. The number of fused-ring (bicyclic) bond motifs is 1. The van der Waals surface area contributed by atoms with Gasteiger partial charge < -0.3 is 9.09 Å². The van der Waals surface area contributed by atoms with Gasteiger partial charge in [-0.15, -0.1) is 0 Å². The van der Waals surface area contributed by atoms with Crippen LogP contribution in [0.15, 0.2) is 34.9 Å². The molecule has 0 aliphatic rings. The molecule has 0 aliphatic carbocycles. The second kappa shape index (κ2) is 4.29. The maximum atomic E-state index is 5.12. The van der Waals surface area contributed by atoms with Gasteiger partial charge in [0.15, 0.2) is 0 Å². The Labute approximate surface area is 105 Å². The number of aryl methyl sites for hydroxylation is 2. The number of imidazole rings is 1. The predicted molar refractivity (Wildman–Crippen MR) is 69.5 cm³/mol. The molecule has 0 aliphatic heterocycles. The minimum atomic E-state index is 0.709. The first-order valence-electron chi connectivity index (χ1n) is 6.14. The average Bonchev–Trinajstić information content (AvgIpc) is 2.94. The lowest BCUT2D eigenvalue weighted by Crippen LogP contribution is -2.04. The second-order valence-electron chi connectivity index (χ2n) is 4.39. The van der Waals surface area contributed by atoms with Gasteiger partial charge in [-0.05, 0) is 19.1 Å². The first-order chi connectivity index (χ1) is 8.78. The predicted octanol–water partition coefficient (Wildman–Crippen LogP) is 2.94. The highest BCUT2D eigenvalue weighted by Crippen LogP contribution is 2.18. The lowest BCUT2D eigenvalue weighted by atomic mass is 10.3. The van der Waals surface area contributed by atoms with E-state index in [4.69, 9.17) is 4.52 Å². The van der Waals surface area contributed by atoms with Crippen LogP contribution in [0, 0.1) is 6.92 Å². The molecule has 0 bridgehead atoms. The van der Waals surface area contributed by atoms with Crippen molar-refractivity contribution in [1.82, 2.24) is 14.7 Å². The van der Waals surface area contributed by atoms with Gasteiger partial charge >= 0.3 is 0 Å². The van der Waals surface area contributed by atoms with Crippen molar-refractivity contribution in [2.24, 2.45) is 0 Å². The standard InChI is InChI=1S/C14H15N3O/c1-3-14-15-12-6-4-5-7-13(12)17(14)9-11-8-10(2)18-16-11/h4-8H,3,9H2,1-2H3. The summed E-state index contributed by atoms with van der Waals surface area (Å²) >= 11 is 0. The largest absolute Gasteiger partial charge is 0.361 e. The van der Waals surface area contributed by atoms with Crippen molar-refractivity contribution in [1.29, 1.82) is 0 Å². The van der Waals surface area contributed by atoms with Crippen LogP contribution in [0.1, 0.15) is 24.2 Å². The third kappa shape index (κ3) is 1.79. The first kappa shape index (κ1) is 11.0. The van der Waals surface area contributed by atoms with Gasteiger partial charge in [-0.2, -0.15) is 0 Å². The highest BCUT2D eigenvalue weighted by molar-refractivity contribution is 5.76. The van der Waals surface area contributed by atoms with Crippen LogP contribution in [0.5, 0.6) is 0 Å². The lowest BCUT2D eigenvalue weighted by Gasteiger charge is -2.04. The minimum absolute atomic E-state index is 0.709. The molecule has 2 aromatic heterocycles. The van der Waals surface area contributed by atoms with E-state index in [-0.39, 0.29) is 0 Å². The Kier molecular flexibility index (Phi) is 2.63. The molecular formula is C14H15N3O. The van der Waals surface area contributed by atoms with Crippen LogP contribution < -0.4 is 0 Å². The number of aromatic nitrogens is 3. The number of para-hydroxylation sites is 2. The average molecular weight is 241 g/mol. The molecule has 2 heterocycles. The smallest absolute Gasteiger partial charge is 0.133 e. The molecule has 0 unspecified atom stereocenters. The van der Waals surface area contributed by atoms with Crippen LogP contribution in [-0.4, -0.2) is 14.7 Å². The summed E-state index contributed by atoms with van der Waals surface area (Å²) in [5.74, 6) is 1.92. The Morgan fingerprint density at radius 1 is 1.28 bits per heavy atom. The highest BCUT2D eigenvalue weighted by Gasteiger charge is 2.10. The summed E-state index contributed by atoms with van der Waals surface area (Å²) in [6, 6.07) is 10.1. The monoisotopic (exact) mass is 241 g/mol. The summed E-state index contributed by atoms with van der Waals surface area (Å²) in [4.78, 5) is 4.64. The summed E-state index contributed by atoms with van der Waals surface area (Å²) in [7, 11) is 0. The number of rotatable bonds is 3. The van der Waals surface area contributed by atoms with E-state index in [1.165, 1.54) is 0 Å². The van der Waals surface area contributed by atoms with Crippen molar-refractivity contribution in [3.8, 4) is 0 Å². The molecule has 0 saturated carbocycles. The topological polar surface area (TPSA) is 43.9 Å². The fourth-order valence-corrected chi connectivity index (χ4v) is 2.23. The SMILES string of the molecule is CCc1nc2ccccc2n1Cc1cc(C)on1. The molecule has 18 heavy (non-hydrogen) atoms. The van der Waals surface area contributed by atoms with Crippen LogP contribution in [0.4, 0.5) is 0 Å². The summed E-state index contributed by atoms with van der Waals surface area (Å²) < 4.78 is 7.32. The van der Waals surface area contributed by atoms with E-state index in [9.17, 15) is 0 Å². The summed E-state index contributed by atoms with van der Waals surface area (Å²) in [6.07, 6.45) is 0.908. The van der Waals surface area contributed by atoms with Gasteiger partial charge in [-0.25, -0.2) is 4.98 Å². The van der Waals surface area contributed by atoms with Crippen molar-refractivity contribution in [2.45, 2.75) is 26.8 Å². The molecule has 0 N–H and O–H groups in total. The molecular weight excluding hydrogens is 226 g/mol. The van der Waals surface area contributed by atoms with Crippen LogP contribution in [-0.2, 0) is 13.0 Å². The van der Waals surface area contributed by atoms with Crippen LogP contribution in [0.25, 0.3) is 11.0 Å². The second-order valence-corrected chi connectivity index (χ2v) is 4.39. The molecule has 0 radical (unpaired) electrons. The molecule has 0 saturated heterocycles. The zero-order chi connectivity index (χ0) is 12.5. The maximum absolute atomic E-state index is 5.12. The normalized spacial score (nSPS) is 11.2. The molecule has 0 spiro atoms. The Hall–Kier alpha value is -2.10. The van der Waals surface area contributed by atoms with Crippen LogP contribution in [0.3, 0.4) is 0 Å². The van der Waals surface area contributed by atoms with Gasteiger partial charge in [0.05, 0.1) is 17.6 Å². The molecule has 92 valence electrons. The minimum Gasteiger partial charge on any atom is -0.361 e. The Morgan fingerprint density at radius 2 is 2.11 bits per heavy atom. The summed E-state index contributed by atoms with van der Waals surface area (Å²) in [6.45, 7) is 4.73. The molecule has 0 fully saturated rings. The quantitative estimate of drug-likeness (QED) is 0.708. The Bertz CT molecular complexity index is 681. The van der Waals surface area contributed by atoms with Crippen LogP contribution in [0.2, 0.25) is 0 Å². The Morgan fingerprint density at radius 3 is 2.83 bits per heavy atom. The maximum Gasteiger partial charge on any atom is 0.133 e. The van der Waals surface area contributed by atoms with Gasteiger partial charge in [-0.1, -0.05) is 24.2 Å². The molecule has 0 amide bonds. The van der Waals surface area contributed by atoms with Gasteiger partial charge in [0.1, 0.15) is 17.3 Å². The number of hydrogen-bond donors (Lipinski definition) is 0. The molecule has 4 heteroatoms. The fourth-order valence-electron chi connectivity index (χ4n) is 2.23. The molecule has 3 rings (SSSR count). The highest BCUT2D eigenvalue weighted by atomic mass is 16.5. The van der Waals surface area contributed by atoms with E-state index in [2.05, 4.69) is 27.7 Å². The third-order valence-corrected chi connectivity index (χ3v) is 3.05. The van der Waals surface area contributed by atoms with Crippen molar-refractivity contribution in [3.63, 3.8) is 0 Å². The number of nitrogens with zero attached hydrogens (tertiary/aromatic N) is 3. The first-order valence-corrected chi connectivity index (χ1v) is 6.14. The van der Waals surface area contributed by atoms with Gasteiger partial charge in [0.2, 0.25) is 0 Å². The van der Waals surface area contributed by atoms with E-state index < -0.39 is 0 Å². The zero-order valence-electron chi connectivity index (χ0n) is 10.6. The van der Waals surface area contributed by atoms with Crippen molar-refractivity contribution in [3.05, 3.63) is 47.6 Å². The summed E-state index contributed by atoms with van der Waals surface area (Å²) in [5.41, 5.74) is 3.12. The molecule has 3 aromatic rings. The number of hydrogen-bond acceptors (Lipinski definition) is 3.